The van der Waals surface area contributed by atoms with Crippen molar-refractivity contribution in [1.29, 1.82) is 0 Å². The molecule has 0 atom stereocenters. The highest BCUT2D eigenvalue weighted by atomic mass is 32.2. The molecule has 1 amide bonds. The van der Waals surface area contributed by atoms with Crippen molar-refractivity contribution in [2.45, 2.75) is 13.5 Å². The average molecular weight is 466 g/mol. The summed E-state index contributed by atoms with van der Waals surface area (Å²) < 4.78 is 25.4. The number of ether oxygens (including phenoxy) is 2. The summed E-state index contributed by atoms with van der Waals surface area (Å²) in [6.45, 7) is 2.46. The number of anilines is 1. The molecule has 3 aromatic carbocycles. The molecular weight excluding hydrogens is 445 g/mol. The standard InChI is InChI=1S/C25H20FNO3S2/c1-16-5-3-6-18(11-16)15-30-21-10-9-17(12-22(21)29-2)13-23-24(28)27(25(31)32-23)20-8-4-7-19(26)14-20/h3-14H,15H2,1-2H3/b23-13+. The van der Waals surface area contributed by atoms with Crippen LogP contribution in [0.15, 0.2) is 71.6 Å². The Bertz CT molecular complexity index is 1230. The number of hydrogen-bond donors (Lipinski definition) is 0. The zero-order valence-electron chi connectivity index (χ0n) is 17.5. The van der Waals surface area contributed by atoms with Crippen LogP contribution in [0.4, 0.5) is 10.1 Å². The molecule has 4 nitrogen and oxygen atoms in total. The number of hydrogen-bond acceptors (Lipinski definition) is 5. The Morgan fingerprint density at radius 2 is 1.88 bits per heavy atom. The first-order valence-corrected chi connectivity index (χ1v) is 11.1. The number of benzene rings is 3. The molecule has 3 aromatic rings. The van der Waals surface area contributed by atoms with E-state index in [9.17, 15) is 9.18 Å². The van der Waals surface area contributed by atoms with Crippen molar-refractivity contribution >= 4 is 46.0 Å². The monoisotopic (exact) mass is 465 g/mol. The van der Waals surface area contributed by atoms with Gasteiger partial charge in [-0.25, -0.2) is 4.39 Å². The summed E-state index contributed by atoms with van der Waals surface area (Å²) in [6, 6.07) is 19.4. The van der Waals surface area contributed by atoms with E-state index in [-0.39, 0.29) is 5.91 Å². The summed E-state index contributed by atoms with van der Waals surface area (Å²) >= 11 is 6.53. The fourth-order valence-electron chi connectivity index (χ4n) is 3.31. The van der Waals surface area contributed by atoms with Crippen LogP contribution in [-0.4, -0.2) is 17.3 Å². The minimum absolute atomic E-state index is 0.288. The Kier molecular flexibility index (Phi) is 6.58. The second-order valence-electron chi connectivity index (χ2n) is 7.19. The second kappa shape index (κ2) is 9.54. The molecule has 1 fully saturated rings. The lowest BCUT2D eigenvalue weighted by Gasteiger charge is -2.14. The van der Waals surface area contributed by atoms with Crippen molar-refractivity contribution in [3.63, 3.8) is 0 Å². The SMILES string of the molecule is COc1cc(/C=C2/SC(=S)N(c3cccc(F)c3)C2=O)ccc1OCc1cccc(C)c1. The molecule has 0 aromatic heterocycles. The first-order valence-electron chi connectivity index (χ1n) is 9.84. The van der Waals surface area contributed by atoms with E-state index >= 15 is 0 Å². The summed E-state index contributed by atoms with van der Waals surface area (Å²) in [7, 11) is 1.57. The van der Waals surface area contributed by atoms with Gasteiger partial charge in [0.2, 0.25) is 0 Å². The number of amides is 1. The zero-order valence-corrected chi connectivity index (χ0v) is 19.1. The molecule has 0 N–H and O–H groups in total. The molecule has 0 bridgehead atoms. The van der Waals surface area contributed by atoms with Crippen molar-refractivity contribution in [2.24, 2.45) is 0 Å². The molecule has 0 spiro atoms. The summed E-state index contributed by atoms with van der Waals surface area (Å²) in [5, 5.41) is 0. The van der Waals surface area contributed by atoms with Crippen molar-refractivity contribution in [2.75, 3.05) is 12.0 Å². The van der Waals surface area contributed by atoms with Crippen molar-refractivity contribution in [3.05, 3.63) is 94.1 Å². The Morgan fingerprint density at radius 1 is 1.06 bits per heavy atom. The number of carbonyl (C=O) groups is 1. The molecule has 7 heteroatoms. The quantitative estimate of drug-likeness (QED) is 0.324. The van der Waals surface area contributed by atoms with Crippen molar-refractivity contribution in [1.82, 2.24) is 0 Å². The van der Waals surface area contributed by atoms with E-state index in [1.54, 1.807) is 31.4 Å². The molecular formula is C25H20FNO3S2. The van der Waals surface area contributed by atoms with E-state index in [1.807, 2.05) is 37.3 Å². The highest BCUT2D eigenvalue weighted by molar-refractivity contribution is 8.27. The van der Waals surface area contributed by atoms with Crippen LogP contribution in [0, 0.1) is 12.7 Å². The Hall–Kier alpha value is -3.16. The van der Waals surface area contributed by atoms with E-state index in [2.05, 4.69) is 6.07 Å². The van der Waals surface area contributed by atoms with E-state index in [0.29, 0.717) is 33.0 Å². The smallest absolute Gasteiger partial charge is 0.270 e. The number of aryl methyl sites for hydroxylation is 1. The summed E-state index contributed by atoms with van der Waals surface area (Å²) in [5.74, 6) is 0.460. The van der Waals surface area contributed by atoms with E-state index in [4.69, 9.17) is 21.7 Å². The maximum Gasteiger partial charge on any atom is 0.270 e. The van der Waals surface area contributed by atoms with Gasteiger partial charge >= 0.3 is 0 Å². The van der Waals surface area contributed by atoms with Gasteiger partial charge < -0.3 is 9.47 Å². The maximum atomic E-state index is 13.6. The van der Waals surface area contributed by atoms with Crippen LogP contribution in [0.3, 0.4) is 0 Å². The third kappa shape index (κ3) is 4.84. The molecule has 32 heavy (non-hydrogen) atoms. The topological polar surface area (TPSA) is 38.8 Å². The molecule has 1 heterocycles. The molecule has 0 radical (unpaired) electrons. The lowest BCUT2D eigenvalue weighted by Crippen LogP contribution is -2.27. The molecule has 1 aliphatic heterocycles. The van der Waals surface area contributed by atoms with Gasteiger partial charge in [0.25, 0.3) is 5.91 Å². The molecule has 1 aliphatic rings. The van der Waals surface area contributed by atoms with Gasteiger partial charge in [-0.3, -0.25) is 9.69 Å². The predicted molar refractivity (Wildman–Crippen MR) is 131 cm³/mol. The van der Waals surface area contributed by atoms with Gasteiger partial charge in [-0.15, -0.1) is 0 Å². The molecule has 0 aliphatic carbocycles. The molecule has 0 saturated carbocycles. The number of thiocarbonyl (C=S) groups is 1. The fraction of sp³-hybridized carbons (Fsp3) is 0.120. The minimum Gasteiger partial charge on any atom is -0.493 e. The zero-order chi connectivity index (χ0) is 22.7. The number of halogens is 1. The highest BCUT2D eigenvalue weighted by Gasteiger charge is 2.33. The molecule has 4 rings (SSSR count). The van der Waals surface area contributed by atoms with E-state index < -0.39 is 5.82 Å². The largest absolute Gasteiger partial charge is 0.493 e. The van der Waals surface area contributed by atoms with Crippen LogP contribution in [-0.2, 0) is 11.4 Å². The van der Waals surface area contributed by atoms with Gasteiger partial charge in [0.1, 0.15) is 12.4 Å². The van der Waals surface area contributed by atoms with Crippen LogP contribution >= 0.6 is 24.0 Å². The normalized spacial score (nSPS) is 14.8. The van der Waals surface area contributed by atoms with Crippen molar-refractivity contribution < 1.29 is 18.7 Å². The number of rotatable bonds is 6. The van der Waals surface area contributed by atoms with Crippen molar-refractivity contribution in [3.8, 4) is 11.5 Å². The van der Waals surface area contributed by atoms with Gasteiger partial charge in [0.15, 0.2) is 15.8 Å². The highest BCUT2D eigenvalue weighted by Crippen LogP contribution is 2.37. The van der Waals surface area contributed by atoms with Crippen LogP contribution in [0.5, 0.6) is 11.5 Å². The number of methoxy groups -OCH3 is 1. The van der Waals surface area contributed by atoms with E-state index in [1.165, 1.54) is 34.4 Å². The summed E-state index contributed by atoms with van der Waals surface area (Å²) in [4.78, 5) is 14.7. The first-order chi connectivity index (χ1) is 15.4. The average Bonchev–Trinajstić information content (AvgIpc) is 3.05. The predicted octanol–water partition coefficient (Wildman–Crippen LogP) is 6.13. The third-order valence-corrected chi connectivity index (χ3v) is 6.12. The van der Waals surface area contributed by atoms with Gasteiger partial charge in [0.05, 0.1) is 17.7 Å². The van der Waals surface area contributed by atoms with Gasteiger partial charge in [-0.1, -0.05) is 65.9 Å². The minimum atomic E-state index is -0.425. The Morgan fingerprint density at radius 3 is 2.62 bits per heavy atom. The van der Waals surface area contributed by atoms with Crippen LogP contribution < -0.4 is 14.4 Å². The number of thioether (sulfide) groups is 1. The third-order valence-electron chi connectivity index (χ3n) is 4.82. The van der Waals surface area contributed by atoms with Crippen LogP contribution in [0.1, 0.15) is 16.7 Å². The van der Waals surface area contributed by atoms with Crippen LogP contribution in [0.25, 0.3) is 6.08 Å². The number of nitrogens with zero attached hydrogens (tertiary/aromatic N) is 1. The summed E-state index contributed by atoms with van der Waals surface area (Å²) in [5.41, 5.74) is 3.42. The molecule has 162 valence electrons. The fourth-order valence-corrected chi connectivity index (χ4v) is 4.61. The Balaban J connectivity index is 1.53. The lowest BCUT2D eigenvalue weighted by molar-refractivity contribution is -0.113. The van der Waals surface area contributed by atoms with Gasteiger partial charge in [-0.2, -0.15) is 0 Å². The number of carbonyl (C=O) groups excluding carboxylic acids is 1. The maximum absolute atomic E-state index is 13.6. The van der Waals surface area contributed by atoms with Gasteiger partial charge in [0, 0.05) is 0 Å². The lowest BCUT2D eigenvalue weighted by atomic mass is 10.1. The summed E-state index contributed by atoms with van der Waals surface area (Å²) in [6.07, 6.45) is 1.74. The van der Waals surface area contributed by atoms with Crippen LogP contribution in [0.2, 0.25) is 0 Å². The molecule has 0 unspecified atom stereocenters. The first kappa shape index (κ1) is 22.0. The second-order valence-corrected chi connectivity index (χ2v) is 8.86. The Labute approximate surface area is 195 Å². The van der Waals surface area contributed by atoms with Gasteiger partial charge in [-0.05, 0) is 54.5 Å². The van der Waals surface area contributed by atoms with E-state index in [0.717, 1.165) is 11.1 Å². The molecule has 1 saturated heterocycles.